The summed E-state index contributed by atoms with van der Waals surface area (Å²) in [5, 5.41) is 11.8. The molecule has 0 aliphatic heterocycles. The molecule has 0 bridgehead atoms. The molecule has 0 radical (unpaired) electrons. The van der Waals surface area contributed by atoms with Gasteiger partial charge < -0.3 is 0 Å². The summed E-state index contributed by atoms with van der Waals surface area (Å²) in [6, 6.07) is 45.5. The van der Waals surface area contributed by atoms with Gasteiger partial charge in [-0.2, -0.15) is 5.26 Å². The van der Waals surface area contributed by atoms with Crippen LogP contribution in [0.15, 0.2) is 121 Å². The molecule has 2 aromatic heterocycles. The minimum atomic E-state index is 0.299. The fourth-order valence-electron chi connectivity index (χ4n) is 7.19. The van der Waals surface area contributed by atoms with Gasteiger partial charge in [0.2, 0.25) is 0 Å². The van der Waals surface area contributed by atoms with E-state index in [0.717, 1.165) is 33.5 Å². The number of nitriles is 1. The Morgan fingerprint density at radius 2 is 1.33 bits per heavy atom. The summed E-state index contributed by atoms with van der Waals surface area (Å²) in [4.78, 5) is 5.42. The number of rotatable bonds is 6. The molecule has 8 rings (SSSR count). The SMILES string of the molecule is Cc1ccc(-c2nc3ccccc3n2-c2c(C(C)C)cc(-c3ccccc3)cc2C(C)C)c2sc3cc(-c4ccc(C#N)cc4)ccc3c12. The van der Waals surface area contributed by atoms with E-state index in [4.69, 9.17) is 4.98 Å². The van der Waals surface area contributed by atoms with E-state index >= 15 is 0 Å². The summed E-state index contributed by atoms with van der Waals surface area (Å²) < 4.78 is 4.94. The topological polar surface area (TPSA) is 41.6 Å². The minimum absolute atomic E-state index is 0.299. The van der Waals surface area contributed by atoms with Gasteiger partial charge in [0.1, 0.15) is 5.82 Å². The third kappa shape index (κ3) is 5.23. The summed E-state index contributed by atoms with van der Waals surface area (Å²) in [5.41, 5.74) is 13.8. The molecule has 3 nitrogen and oxygen atoms in total. The first-order valence-electron chi connectivity index (χ1n) is 17.0. The third-order valence-corrected chi connectivity index (χ3v) is 10.9. The van der Waals surface area contributed by atoms with Crippen LogP contribution in [0.5, 0.6) is 0 Å². The van der Waals surface area contributed by atoms with Gasteiger partial charge >= 0.3 is 0 Å². The Hall–Kier alpha value is -5.50. The van der Waals surface area contributed by atoms with Crippen LogP contribution in [0.1, 0.15) is 61.8 Å². The number of benzene rings is 6. The van der Waals surface area contributed by atoms with Crippen molar-refractivity contribution in [2.45, 2.75) is 46.5 Å². The number of hydrogen-bond acceptors (Lipinski definition) is 3. The van der Waals surface area contributed by atoms with Crippen molar-refractivity contribution in [3.8, 4) is 45.4 Å². The van der Waals surface area contributed by atoms with Crippen LogP contribution >= 0.6 is 11.3 Å². The monoisotopic (exact) mass is 651 g/mol. The Balaban J connectivity index is 1.41. The highest BCUT2D eigenvalue weighted by atomic mass is 32.1. The first-order valence-corrected chi connectivity index (χ1v) is 17.8. The van der Waals surface area contributed by atoms with E-state index in [-0.39, 0.29) is 0 Å². The lowest BCUT2D eigenvalue weighted by Crippen LogP contribution is -2.09. The maximum Gasteiger partial charge on any atom is 0.147 e. The molecule has 0 saturated carbocycles. The quantitative estimate of drug-likeness (QED) is 0.179. The molecule has 8 aromatic rings. The summed E-state index contributed by atoms with van der Waals surface area (Å²) in [6.45, 7) is 11.4. The normalized spacial score (nSPS) is 11.7. The molecular weight excluding hydrogens is 615 g/mol. The molecule has 49 heavy (non-hydrogen) atoms. The standard InChI is InChI=1S/C45H37N3S/c1-27(2)37-23-34(31-11-7-6-8-12-31)24-38(28(3)4)43(37)48-40-14-10-9-13-39(40)47-45(48)36-21-15-29(5)42-35-22-20-33(25-41(35)49-44(36)42)32-18-16-30(26-46)17-19-32/h6-25,27-28H,1-5H3. The van der Waals surface area contributed by atoms with Gasteiger partial charge in [-0.1, -0.05) is 100 Å². The zero-order valence-corrected chi connectivity index (χ0v) is 29.3. The van der Waals surface area contributed by atoms with Gasteiger partial charge in [0.05, 0.1) is 28.4 Å². The molecule has 0 aliphatic carbocycles. The molecule has 238 valence electrons. The predicted octanol–water partition coefficient (Wildman–Crippen LogP) is 12.8. The molecule has 0 atom stereocenters. The zero-order chi connectivity index (χ0) is 33.8. The Labute approximate surface area is 291 Å². The maximum absolute atomic E-state index is 9.29. The third-order valence-electron chi connectivity index (χ3n) is 9.72. The zero-order valence-electron chi connectivity index (χ0n) is 28.5. The molecule has 4 heteroatoms. The van der Waals surface area contributed by atoms with Crippen LogP contribution in [0.4, 0.5) is 0 Å². The van der Waals surface area contributed by atoms with Crippen LogP contribution in [0.3, 0.4) is 0 Å². The lowest BCUT2D eigenvalue weighted by atomic mass is 9.88. The van der Waals surface area contributed by atoms with Crippen molar-refractivity contribution < 1.29 is 0 Å². The van der Waals surface area contributed by atoms with Crippen LogP contribution in [0.25, 0.3) is 70.5 Å². The molecule has 0 N–H and O–H groups in total. The van der Waals surface area contributed by atoms with Crippen molar-refractivity contribution in [1.82, 2.24) is 9.55 Å². The lowest BCUT2D eigenvalue weighted by molar-refractivity contribution is 0.812. The van der Waals surface area contributed by atoms with E-state index in [1.165, 1.54) is 53.7 Å². The average molecular weight is 652 g/mol. The van der Waals surface area contributed by atoms with Crippen molar-refractivity contribution in [2.24, 2.45) is 0 Å². The fourth-order valence-corrected chi connectivity index (χ4v) is 8.51. The number of nitrogens with zero attached hydrogens (tertiary/aromatic N) is 3. The molecule has 0 fully saturated rings. The van der Waals surface area contributed by atoms with Crippen molar-refractivity contribution in [3.05, 3.63) is 144 Å². The largest absolute Gasteiger partial charge is 0.292 e. The van der Waals surface area contributed by atoms with Crippen LogP contribution in [-0.2, 0) is 0 Å². The second kappa shape index (κ2) is 12.2. The Bertz CT molecular complexity index is 2530. The van der Waals surface area contributed by atoms with Crippen molar-refractivity contribution >= 4 is 42.5 Å². The van der Waals surface area contributed by atoms with Gasteiger partial charge in [0.25, 0.3) is 0 Å². The highest BCUT2D eigenvalue weighted by molar-refractivity contribution is 7.26. The van der Waals surface area contributed by atoms with Gasteiger partial charge in [-0.05, 0) is 106 Å². The first kappa shape index (κ1) is 30.8. The van der Waals surface area contributed by atoms with Crippen LogP contribution < -0.4 is 0 Å². The Kier molecular flexibility index (Phi) is 7.66. The molecule has 2 heterocycles. The summed E-state index contributed by atoms with van der Waals surface area (Å²) in [5.74, 6) is 1.57. The number of thiophene rings is 1. The van der Waals surface area contributed by atoms with Crippen LogP contribution in [0.2, 0.25) is 0 Å². The lowest BCUT2D eigenvalue weighted by Gasteiger charge is -2.24. The van der Waals surface area contributed by atoms with Crippen LogP contribution in [-0.4, -0.2) is 9.55 Å². The van der Waals surface area contributed by atoms with Crippen molar-refractivity contribution in [3.63, 3.8) is 0 Å². The predicted molar refractivity (Wildman–Crippen MR) is 208 cm³/mol. The molecule has 0 unspecified atom stereocenters. The second-order valence-corrected chi connectivity index (χ2v) is 14.6. The number of fused-ring (bicyclic) bond motifs is 4. The van der Waals surface area contributed by atoms with E-state index < -0.39 is 0 Å². The van der Waals surface area contributed by atoms with Gasteiger partial charge in [-0.25, -0.2) is 4.98 Å². The molecular formula is C45H37N3S. The Morgan fingerprint density at radius 1 is 0.673 bits per heavy atom. The first-order chi connectivity index (χ1) is 23.8. The van der Waals surface area contributed by atoms with E-state index in [1.54, 1.807) is 0 Å². The number of aryl methyl sites for hydroxylation is 1. The van der Waals surface area contributed by atoms with Crippen molar-refractivity contribution in [1.29, 1.82) is 5.26 Å². The van der Waals surface area contributed by atoms with Gasteiger partial charge in [0, 0.05) is 25.7 Å². The maximum atomic E-state index is 9.29. The highest BCUT2D eigenvalue weighted by Gasteiger charge is 2.25. The van der Waals surface area contributed by atoms with Gasteiger partial charge in [-0.15, -0.1) is 11.3 Å². The molecule has 6 aromatic carbocycles. The van der Waals surface area contributed by atoms with Crippen LogP contribution in [0, 0.1) is 18.3 Å². The average Bonchev–Trinajstić information content (AvgIpc) is 3.70. The number of hydrogen-bond donors (Lipinski definition) is 0. The molecule has 0 spiro atoms. The smallest absolute Gasteiger partial charge is 0.147 e. The molecule has 0 saturated heterocycles. The number of aromatic nitrogens is 2. The van der Waals surface area contributed by atoms with E-state index in [2.05, 4.69) is 142 Å². The Morgan fingerprint density at radius 3 is 2.02 bits per heavy atom. The van der Waals surface area contributed by atoms with E-state index in [1.807, 2.05) is 35.6 Å². The number of imidazole rings is 1. The van der Waals surface area contributed by atoms with E-state index in [9.17, 15) is 5.26 Å². The summed E-state index contributed by atoms with van der Waals surface area (Å²) in [6.07, 6.45) is 0. The summed E-state index contributed by atoms with van der Waals surface area (Å²) in [7, 11) is 0. The number of para-hydroxylation sites is 2. The van der Waals surface area contributed by atoms with E-state index in [0.29, 0.717) is 17.4 Å². The summed E-state index contributed by atoms with van der Waals surface area (Å²) >= 11 is 1.84. The molecule has 0 amide bonds. The van der Waals surface area contributed by atoms with Gasteiger partial charge in [-0.3, -0.25) is 4.57 Å². The minimum Gasteiger partial charge on any atom is -0.292 e. The van der Waals surface area contributed by atoms with Crippen molar-refractivity contribution in [2.75, 3.05) is 0 Å². The molecule has 0 aliphatic rings. The van der Waals surface area contributed by atoms with Gasteiger partial charge in [0.15, 0.2) is 0 Å². The highest BCUT2D eigenvalue weighted by Crippen LogP contribution is 2.45. The fraction of sp³-hybridized carbons (Fsp3) is 0.156. The second-order valence-electron chi connectivity index (χ2n) is 13.6.